The van der Waals surface area contributed by atoms with E-state index in [4.69, 9.17) is 0 Å². The van der Waals surface area contributed by atoms with Crippen molar-refractivity contribution < 1.29 is 4.79 Å². The number of aromatic nitrogens is 2. The van der Waals surface area contributed by atoms with Gasteiger partial charge < -0.3 is 9.55 Å². The molecule has 3 aromatic rings. The van der Waals surface area contributed by atoms with E-state index in [0.717, 1.165) is 35.9 Å². The van der Waals surface area contributed by atoms with Gasteiger partial charge in [-0.1, -0.05) is 18.2 Å². The molecule has 1 unspecified atom stereocenters. The number of Topliss-reactive ketones (excluding diaryl/α,β-unsaturated/α-hetero) is 1. The number of rotatable bonds is 4. The van der Waals surface area contributed by atoms with Gasteiger partial charge in [0, 0.05) is 41.6 Å². The first-order chi connectivity index (χ1) is 11.2. The number of hydrogen-bond donors (Lipinski definition) is 1. The van der Waals surface area contributed by atoms with Crippen molar-refractivity contribution in [3.63, 3.8) is 0 Å². The summed E-state index contributed by atoms with van der Waals surface area (Å²) in [7, 11) is 2.08. The molecule has 3 heterocycles. The van der Waals surface area contributed by atoms with Gasteiger partial charge in [-0.05, 0) is 37.6 Å². The first kappa shape index (κ1) is 14.3. The van der Waals surface area contributed by atoms with Crippen molar-refractivity contribution in [1.29, 1.82) is 0 Å². The number of nitrogens with one attached hydrogen (secondary N) is 1. The number of carbonyl (C=O) groups is 1. The van der Waals surface area contributed by atoms with Crippen LogP contribution < -0.4 is 0 Å². The van der Waals surface area contributed by atoms with Crippen molar-refractivity contribution in [2.75, 3.05) is 13.1 Å². The van der Waals surface area contributed by atoms with Gasteiger partial charge in [0.25, 0.3) is 0 Å². The van der Waals surface area contributed by atoms with Crippen LogP contribution in [0.15, 0.2) is 48.8 Å². The smallest absolute Gasteiger partial charge is 0.178 e. The highest BCUT2D eigenvalue weighted by molar-refractivity contribution is 6.08. The molecule has 118 valence electrons. The summed E-state index contributed by atoms with van der Waals surface area (Å²) >= 11 is 0. The molecule has 1 saturated heterocycles. The highest BCUT2D eigenvalue weighted by atomic mass is 16.1. The van der Waals surface area contributed by atoms with Gasteiger partial charge in [0.15, 0.2) is 5.78 Å². The van der Waals surface area contributed by atoms with Crippen LogP contribution in [0.1, 0.15) is 34.9 Å². The Kier molecular flexibility index (Phi) is 3.54. The van der Waals surface area contributed by atoms with E-state index < -0.39 is 0 Å². The van der Waals surface area contributed by atoms with Gasteiger partial charge in [-0.3, -0.25) is 9.69 Å². The topological polar surface area (TPSA) is 41.0 Å². The number of carbonyl (C=O) groups excluding carboxylic acids is 1. The minimum Gasteiger partial charge on any atom is -0.360 e. The van der Waals surface area contributed by atoms with E-state index in [0.29, 0.717) is 12.6 Å². The lowest BCUT2D eigenvalue weighted by molar-refractivity contribution is 0.0921. The average molecular weight is 307 g/mol. The zero-order chi connectivity index (χ0) is 15.8. The third kappa shape index (κ3) is 2.49. The zero-order valence-electron chi connectivity index (χ0n) is 13.3. The predicted octanol–water partition coefficient (Wildman–Crippen LogP) is 3.53. The molecule has 0 amide bonds. The summed E-state index contributed by atoms with van der Waals surface area (Å²) in [4.78, 5) is 18.3. The van der Waals surface area contributed by atoms with Crippen LogP contribution in [0.2, 0.25) is 0 Å². The van der Waals surface area contributed by atoms with E-state index in [1.165, 1.54) is 5.69 Å². The summed E-state index contributed by atoms with van der Waals surface area (Å²) in [5.74, 6) is 0.198. The molecule has 0 radical (unpaired) electrons. The third-order valence-corrected chi connectivity index (χ3v) is 4.93. The van der Waals surface area contributed by atoms with Gasteiger partial charge in [-0.25, -0.2) is 0 Å². The maximum absolute atomic E-state index is 12.8. The van der Waals surface area contributed by atoms with E-state index in [9.17, 15) is 4.79 Å². The van der Waals surface area contributed by atoms with Gasteiger partial charge in [0.2, 0.25) is 0 Å². The highest BCUT2D eigenvalue weighted by Gasteiger charge is 2.29. The van der Waals surface area contributed by atoms with Crippen molar-refractivity contribution in [1.82, 2.24) is 14.5 Å². The second-order valence-corrected chi connectivity index (χ2v) is 6.34. The predicted molar refractivity (Wildman–Crippen MR) is 91.6 cm³/mol. The molecular weight excluding hydrogens is 286 g/mol. The molecular formula is C19H21N3O. The lowest BCUT2D eigenvalue weighted by Gasteiger charge is -2.24. The fourth-order valence-corrected chi connectivity index (χ4v) is 3.74. The van der Waals surface area contributed by atoms with Gasteiger partial charge in [0.1, 0.15) is 0 Å². The summed E-state index contributed by atoms with van der Waals surface area (Å²) in [6, 6.07) is 12.6. The Morgan fingerprint density at radius 3 is 2.96 bits per heavy atom. The van der Waals surface area contributed by atoms with E-state index in [2.05, 4.69) is 39.8 Å². The molecule has 1 N–H and O–H groups in total. The average Bonchev–Trinajstić information content (AvgIpc) is 3.26. The number of benzene rings is 1. The van der Waals surface area contributed by atoms with E-state index in [1.807, 2.05) is 30.5 Å². The number of H-pyrrole nitrogens is 1. The maximum atomic E-state index is 12.8. The third-order valence-electron chi connectivity index (χ3n) is 4.93. The van der Waals surface area contributed by atoms with Crippen molar-refractivity contribution >= 4 is 16.7 Å². The largest absolute Gasteiger partial charge is 0.360 e. The number of likely N-dealkylation sites (tertiary alicyclic amines) is 1. The molecule has 2 aromatic heterocycles. The van der Waals surface area contributed by atoms with Crippen molar-refractivity contribution in [2.45, 2.75) is 18.9 Å². The standard InChI is InChI=1S/C19H21N3O/c1-21-10-4-8-17(21)18-9-5-11-22(18)13-19(23)15-12-20-16-7-3-2-6-14(15)16/h2-4,6-8,10,12,18,20H,5,9,11,13H2,1H3. The summed E-state index contributed by atoms with van der Waals surface area (Å²) in [6.07, 6.45) is 6.20. The van der Waals surface area contributed by atoms with Crippen LogP contribution in [-0.2, 0) is 7.05 Å². The summed E-state index contributed by atoms with van der Waals surface area (Å²) in [5, 5.41) is 1.02. The molecule has 0 spiro atoms. The van der Waals surface area contributed by atoms with Crippen LogP contribution >= 0.6 is 0 Å². The van der Waals surface area contributed by atoms with Crippen molar-refractivity contribution in [2.24, 2.45) is 7.05 Å². The Morgan fingerprint density at radius 1 is 1.26 bits per heavy atom. The lowest BCUT2D eigenvalue weighted by atomic mass is 10.1. The van der Waals surface area contributed by atoms with Crippen LogP contribution in [0.5, 0.6) is 0 Å². The van der Waals surface area contributed by atoms with Gasteiger partial charge in [-0.15, -0.1) is 0 Å². The first-order valence-corrected chi connectivity index (χ1v) is 8.18. The molecule has 23 heavy (non-hydrogen) atoms. The van der Waals surface area contributed by atoms with Crippen LogP contribution in [0.25, 0.3) is 10.9 Å². The highest BCUT2D eigenvalue weighted by Crippen LogP contribution is 2.32. The number of fused-ring (bicyclic) bond motifs is 1. The van der Waals surface area contributed by atoms with Gasteiger partial charge in [-0.2, -0.15) is 0 Å². The Balaban J connectivity index is 1.57. The minimum atomic E-state index is 0.198. The van der Waals surface area contributed by atoms with Crippen molar-refractivity contribution in [3.8, 4) is 0 Å². The van der Waals surface area contributed by atoms with Crippen LogP contribution in [0.4, 0.5) is 0 Å². The maximum Gasteiger partial charge on any atom is 0.178 e. The van der Waals surface area contributed by atoms with E-state index in [1.54, 1.807) is 0 Å². The number of ketones is 1. The molecule has 0 aliphatic carbocycles. The zero-order valence-corrected chi connectivity index (χ0v) is 13.3. The molecule has 1 fully saturated rings. The molecule has 1 aliphatic heterocycles. The molecule has 1 atom stereocenters. The van der Waals surface area contributed by atoms with Crippen LogP contribution in [0, 0.1) is 0 Å². The quantitative estimate of drug-likeness (QED) is 0.749. The minimum absolute atomic E-state index is 0.198. The number of nitrogens with zero attached hydrogens (tertiary/aromatic N) is 2. The molecule has 0 bridgehead atoms. The van der Waals surface area contributed by atoms with Crippen molar-refractivity contribution in [3.05, 3.63) is 60.0 Å². The number of hydrogen-bond acceptors (Lipinski definition) is 2. The van der Waals surface area contributed by atoms with Gasteiger partial charge >= 0.3 is 0 Å². The fourth-order valence-electron chi connectivity index (χ4n) is 3.74. The number of para-hydroxylation sites is 1. The van der Waals surface area contributed by atoms with Crippen LogP contribution in [0.3, 0.4) is 0 Å². The summed E-state index contributed by atoms with van der Waals surface area (Å²) in [6.45, 7) is 1.47. The first-order valence-electron chi connectivity index (χ1n) is 8.18. The molecule has 4 nitrogen and oxygen atoms in total. The molecule has 4 heteroatoms. The summed E-state index contributed by atoms with van der Waals surface area (Å²) < 4.78 is 2.17. The second kappa shape index (κ2) is 5.70. The Hall–Kier alpha value is -2.33. The molecule has 4 rings (SSSR count). The van der Waals surface area contributed by atoms with E-state index >= 15 is 0 Å². The normalized spacial score (nSPS) is 18.7. The number of aryl methyl sites for hydroxylation is 1. The Bertz CT molecular complexity index is 845. The second-order valence-electron chi connectivity index (χ2n) is 6.34. The van der Waals surface area contributed by atoms with Crippen LogP contribution in [-0.4, -0.2) is 33.3 Å². The monoisotopic (exact) mass is 307 g/mol. The number of aromatic amines is 1. The molecule has 0 saturated carbocycles. The van der Waals surface area contributed by atoms with E-state index in [-0.39, 0.29) is 5.78 Å². The SMILES string of the molecule is Cn1cccc1C1CCCN1CC(=O)c1c[nH]c2ccccc12. The fraction of sp³-hybridized carbons (Fsp3) is 0.316. The lowest BCUT2D eigenvalue weighted by Crippen LogP contribution is -2.30. The van der Waals surface area contributed by atoms with Gasteiger partial charge in [0.05, 0.1) is 12.6 Å². The molecule has 1 aliphatic rings. The summed E-state index contributed by atoms with van der Waals surface area (Å²) in [5.41, 5.74) is 3.13. The Morgan fingerprint density at radius 2 is 2.13 bits per heavy atom. The molecule has 1 aromatic carbocycles. The Labute approximate surface area is 135 Å².